The van der Waals surface area contributed by atoms with Crippen LogP contribution in [0.25, 0.3) is 0 Å². The molecular formula is C11H17N3O2. The van der Waals surface area contributed by atoms with Crippen molar-refractivity contribution in [3.8, 4) is 0 Å². The summed E-state index contributed by atoms with van der Waals surface area (Å²) in [7, 11) is 0. The number of nitrogens with zero attached hydrogens (tertiary/aromatic N) is 1. The molecule has 0 amide bonds. The molecule has 0 aromatic carbocycles. The van der Waals surface area contributed by atoms with E-state index < -0.39 is 5.97 Å². The summed E-state index contributed by atoms with van der Waals surface area (Å²) in [6.45, 7) is 6.19. The molecule has 88 valence electrons. The third kappa shape index (κ3) is 2.85. The first kappa shape index (κ1) is 12.3. The van der Waals surface area contributed by atoms with E-state index in [1.54, 1.807) is 0 Å². The minimum absolute atomic E-state index is 0.0975. The second-order valence-corrected chi connectivity index (χ2v) is 4.14. The molecule has 1 aromatic rings. The van der Waals surface area contributed by atoms with E-state index >= 15 is 0 Å². The molecule has 16 heavy (non-hydrogen) atoms. The molecule has 0 aliphatic heterocycles. The zero-order valence-corrected chi connectivity index (χ0v) is 9.69. The number of carboxylic acid groups (broad SMARTS) is 1. The van der Waals surface area contributed by atoms with Crippen molar-refractivity contribution in [2.24, 2.45) is 5.92 Å². The number of nitrogens with one attached hydrogen (secondary N) is 1. The van der Waals surface area contributed by atoms with Crippen LogP contribution in [0.5, 0.6) is 0 Å². The summed E-state index contributed by atoms with van der Waals surface area (Å²) in [6, 6.07) is 1.63. The lowest BCUT2D eigenvalue weighted by molar-refractivity contribution is 0.0696. The van der Waals surface area contributed by atoms with Gasteiger partial charge in [-0.05, 0) is 18.9 Å². The summed E-state index contributed by atoms with van der Waals surface area (Å²) in [5.74, 6) is -0.0470. The van der Waals surface area contributed by atoms with Gasteiger partial charge in [-0.3, -0.25) is 0 Å². The van der Waals surface area contributed by atoms with Crippen LogP contribution in [-0.2, 0) is 0 Å². The maximum atomic E-state index is 10.7. The summed E-state index contributed by atoms with van der Waals surface area (Å²) in [6.07, 6.45) is 1.30. The number of hydrogen-bond donors (Lipinski definition) is 3. The topological polar surface area (TPSA) is 88.2 Å². The second kappa shape index (κ2) is 4.83. The number of nitrogen functional groups attached to an aromatic ring is 1. The molecule has 1 aromatic heterocycles. The van der Waals surface area contributed by atoms with E-state index in [1.807, 2.05) is 6.92 Å². The first-order chi connectivity index (χ1) is 7.41. The molecule has 0 spiro atoms. The van der Waals surface area contributed by atoms with Crippen LogP contribution in [0, 0.1) is 5.92 Å². The van der Waals surface area contributed by atoms with Crippen LogP contribution >= 0.6 is 0 Å². The largest absolute Gasteiger partial charge is 0.478 e. The number of aromatic nitrogens is 1. The zero-order chi connectivity index (χ0) is 12.3. The van der Waals surface area contributed by atoms with Crippen LogP contribution in [0.2, 0.25) is 0 Å². The average Bonchev–Trinajstić information content (AvgIpc) is 2.20. The van der Waals surface area contributed by atoms with Gasteiger partial charge in [0, 0.05) is 12.2 Å². The van der Waals surface area contributed by atoms with Crippen LogP contribution in [0.1, 0.15) is 31.1 Å². The van der Waals surface area contributed by atoms with Gasteiger partial charge in [-0.25, -0.2) is 9.78 Å². The summed E-state index contributed by atoms with van der Waals surface area (Å²) < 4.78 is 0. The van der Waals surface area contributed by atoms with E-state index in [-0.39, 0.29) is 11.6 Å². The highest BCUT2D eigenvalue weighted by molar-refractivity contribution is 5.89. The number of anilines is 2. The van der Waals surface area contributed by atoms with Crippen molar-refractivity contribution in [3.63, 3.8) is 0 Å². The van der Waals surface area contributed by atoms with Crippen LogP contribution < -0.4 is 11.1 Å². The Morgan fingerprint density at radius 2 is 2.12 bits per heavy atom. The standard InChI is InChI=1S/C11H17N3O2/c1-6(2)7(3)14-10-9(12)4-8(5-13-10)11(15)16/h4-7H,12H2,1-3H3,(H,13,14)(H,15,16). The average molecular weight is 223 g/mol. The van der Waals surface area contributed by atoms with Crippen molar-refractivity contribution in [1.82, 2.24) is 4.98 Å². The van der Waals surface area contributed by atoms with Crippen LogP contribution in [0.3, 0.4) is 0 Å². The summed E-state index contributed by atoms with van der Waals surface area (Å²) in [5, 5.41) is 11.9. The molecule has 5 nitrogen and oxygen atoms in total. The molecule has 0 bridgehead atoms. The Morgan fingerprint density at radius 3 is 2.56 bits per heavy atom. The Kier molecular flexibility index (Phi) is 3.71. The Morgan fingerprint density at radius 1 is 1.50 bits per heavy atom. The molecule has 0 fully saturated rings. The Balaban J connectivity index is 2.87. The van der Waals surface area contributed by atoms with Gasteiger partial charge in [0.2, 0.25) is 0 Å². The zero-order valence-electron chi connectivity index (χ0n) is 9.69. The third-order valence-corrected chi connectivity index (χ3v) is 2.53. The first-order valence-corrected chi connectivity index (χ1v) is 5.17. The maximum absolute atomic E-state index is 10.7. The number of hydrogen-bond acceptors (Lipinski definition) is 4. The Hall–Kier alpha value is -1.78. The van der Waals surface area contributed by atoms with E-state index in [0.717, 1.165) is 0 Å². The van der Waals surface area contributed by atoms with Gasteiger partial charge in [0.05, 0.1) is 11.3 Å². The lowest BCUT2D eigenvalue weighted by Gasteiger charge is -2.19. The number of nitrogens with two attached hydrogens (primary N) is 1. The van der Waals surface area contributed by atoms with E-state index in [2.05, 4.69) is 24.1 Å². The molecule has 0 saturated carbocycles. The van der Waals surface area contributed by atoms with Crippen molar-refractivity contribution in [1.29, 1.82) is 0 Å². The van der Waals surface area contributed by atoms with Crippen molar-refractivity contribution >= 4 is 17.5 Å². The number of aromatic carboxylic acids is 1. The minimum atomic E-state index is -1.03. The van der Waals surface area contributed by atoms with E-state index in [9.17, 15) is 4.79 Å². The fraction of sp³-hybridized carbons (Fsp3) is 0.455. The van der Waals surface area contributed by atoms with E-state index in [4.69, 9.17) is 10.8 Å². The van der Waals surface area contributed by atoms with Gasteiger partial charge >= 0.3 is 5.97 Å². The second-order valence-electron chi connectivity index (χ2n) is 4.14. The highest BCUT2D eigenvalue weighted by atomic mass is 16.4. The first-order valence-electron chi connectivity index (χ1n) is 5.17. The van der Waals surface area contributed by atoms with Crippen LogP contribution in [0.4, 0.5) is 11.5 Å². The number of carbonyl (C=O) groups is 1. The van der Waals surface area contributed by atoms with Crippen molar-refractivity contribution in [2.75, 3.05) is 11.1 Å². The molecule has 1 heterocycles. The Bertz CT molecular complexity index is 391. The molecule has 0 aliphatic carbocycles. The number of carboxylic acids is 1. The van der Waals surface area contributed by atoms with Crippen molar-refractivity contribution < 1.29 is 9.90 Å². The lowest BCUT2D eigenvalue weighted by Crippen LogP contribution is -2.23. The van der Waals surface area contributed by atoms with Gasteiger partial charge in [0.1, 0.15) is 5.82 Å². The molecule has 0 saturated heterocycles. The van der Waals surface area contributed by atoms with Gasteiger partial charge < -0.3 is 16.2 Å². The molecule has 1 rings (SSSR count). The molecule has 4 N–H and O–H groups in total. The molecular weight excluding hydrogens is 206 g/mol. The normalized spacial score (nSPS) is 12.5. The smallest absolute Gasteiger partial charge is 0.337 e. The molecule has 0 radical (unpaired) electrons. The Labute approximate surface area is 94.7 Å². The maximum Gasteiger partial charge on any atom is 0.337 e. The fourth-order valence-corrected chi connectivity index (χ4v) is 1.10. The minimum Gasteiger partial charge on any atom is -0.478 e. The van der Waals surface area contributed by atoms with Gasteiger partial charge in [0.15, 0.2) is 0 Å². The third-order valence-electron chi connectivity index (χ3n) is 2.53. The predicted octanol–water partition coefficient (Wildman–Crippen LogP) is 1.82. The monoisotopic (exact) mass is 223 g/mol. The van der Waals surface area contributed by atoms with Crippen molar-refractivity contribution in [3.05, 3.63) is 17.8 Å². The summed E-state index contributed by atoms with van der Waals surface area (Å²) >= 11 is 0. The highest BCUT2D eigenvalue weighted by Crippen LogP contribution is 2.18. The number of pyridine rings is 1. The van der Waals surface area contributed by atoms with Gasteiger partial charge in [-0.1, -0.05) is 13.8 Å². The molecule has 0 aliphatic rings. The molecule has 1 unspecified atom stereocenters. The van der Waals surface area contributed by atoms with Gasteiger partial charge in [0.25, 0.3) is 0 Å². The van der Waals surface area contributed by atoms with Gasteiger partial charge in [-0.15, -0.1) is 0 Å². The molecule has 5 heteroatoms. The highest BCUT2D eigenvalue weighted by Gasteiger charge is 2.11. The van der Waals surface area contributed by atoms with Crippen molar-refractivity contribution in [2.45, 2.75) is 26.8 Å². The lowest BCUT2D eigenvalue weighted by atomic mass is 10.1. The summed E-state index contributed by atoms with van der Waals surface area (Å²) in [4.78, 5) is 14.7. The van der Waals surface area contributed by atoms with Crippen LogP contribution in [0.15, 0.2) is 12.3 Å². The molecule has 1 atom stereocenters. The predicted molar refractivity (Wildman–Crippen MR) is 63.5 cm³/mol. The number of rotatable bonds is 4. The summed E-state index contributed by atoms with van der Waals surface area (Å²) in [5.41, 5.74) is 6.17. The van der Waals surface area contributed by atoms with Gasteiger partial charge in [-0.2, -0.15) is 0 Å². The van der Waals surface area contributed by atoms with E-state index in [1.165, 1.54) is 12.3 Å². The SMILES string of the molecule is CC(C)C(C)Nc1ncc(C(=O)O)cc1N. The quantitative estimate of drug-likeness (QED) is 0.724. The fourth-order valence-electron chi connectivity index (χ4n) is 1.10. The van der Waals surface area contributed by atoms with Crippen LogP contribution in [-0.4, -0.2) is 22.1 Å². The van der Waals surface area contributed by atoms with E-state index in [0.29, 0.717) is 17.4 Å².